The zero-order valence-electron chi connectivity index (χ0n) is 10.6. The zero-order valence-corrected chi connectivity index (χ0v) is 10.6. The summed E-state index contributed by atoms with van der Waals surface area (Å²) in [5.41, 5.74) is -0.770. The fraction of sp³-hybridized carbons (Fsp3) is 0.909. The van der Waals surface area contributed by atoms with Gasteiger partial charge >= 0.3 is 12.3 Å². The molecule has 0 aliphatic carbocycles. The van der Waals surface area contributed by atoms with Crippen LogP contribution in [0.5, 0.6) is 0 Å². The Kier molecular flexibility index (Phi) is 4.15. The van der Waals surface area contributed by atoms with Crippen molar-refractivity contribution in [3.8, 4) is 0 Å². The Labute approximate surface area is 104 Å². The van der Waals surface area contributed by atoms with E-state index < -0.39 is 30.0 Å². The summed E-state index contributed by atoms with van der Waals surface area (Å²) in [6.07, 6.45) is -7.51. The number of hydrogen-bond acceptors (Lipinski definition) is 3. The molecule has 0 aromatic heterocycles. The average molecular weight is 269 g/mol. The molecule has 0 spiro atoms. The van der Waals surface area contributed by atoms with E-state index in [4.69, 9.17) is 4.74 Å². The van der Waals surface area contributed by atoms with E-state index in [0.29, 0.717) is 6.42 Å². The Bertz CT molecular complexity index is 312. The molecular weight excluding hydrogens is 251 g/mol. The van der Waals surface area contributed by atoms with Crippen LogP contribution in [0.4, 0.5) is 18.0 Å². The molecule has 4 nitrogen and oxygen atoms in total. The van der Waals surface area contributed by atoms with E-state index in [2.05, 4.69) is 0 Å². The lowest BCUT2D eigenvalue weighted by molar-refractivity contribution is -0.217. The first-order valence-corrected chi connectivity index (χ1v) is 5.77. The molecule has 1 fully saturated rings. The van der Waals surface area contributed by atoms with Gasteiger partial charge in [-0.25, -0.2) is 4.79 Å². The number of likely N-dealkylation sites (tertiary alicyclic amines) is 1. The highest BCUT2D eigenvalue weighted by Crippen LogP contribution is 2.31. The summed E-state index contributed by atoms with van der Waals surface area (Å²) in [5.74, 6) is 0. The first-order chi connectivity index (χ1) is 8.02. The minimum atomic E-state index is -4.73. The van der Waals surface area contributed by atoms with Gasteiger partial charge in [0.25, 0.3) is 0 Å². The van der Waals surface area contributed by atoms with Gasteiger partial charge in [0.1, 0.15) is 5.60 Å². The highest BCUT2D eigenvalue weighted by Gasteiger charge is 2.48. The number of amides is 1. The first-order valence-electron chi connectivity index (χ1n) is 5.77. The number of aliphatic hydroxyl groups excluding tert-OH is 1. The fourth-order valence-electron chi connectivity index (χ4n) is 1.89. The van der Waals surface area contributed by atoms with Gasteiger partial charge in [0.05, 0.1) is 6.04 Å². The summed E-state index contributed by atoms with van der Waals surface area (Å²) in [6.45, 7) is 5.08. The minimum Gasteiger partial charge on any atom is -0.444 e. The molecule has 1 N–H and O–H groups in total. The van der Waals surface area contributed by atoms with Crippen molar-refractivity contribution in [3.05, 3.63) is 0 Å². The number of carbonyl (C=O) groups is 1. The fourth-order valence-corrected chi connectivity index (χ4v) is 1.89. The third kappa shape index (κ3) is 3.76. The Morgan fingerprint density at radius 1 is 1.39 bits per heavy atom. The molecule has 1 aliphatic heterocycles. The van der Waals surface area contributed by atoms with Crippen molar-refractivity contribution in [2.24, 2.45) is 0 Å². The molecule has 2 atom stereocenters. The average Bonchev–Trinajstić information content (AvgIpc) is 2.60. The predicted octanol–water partition coefficient (Wildman–Crippen LogP) is 2.31. The molecule has 1 saturated heterocycles. The molecule has 7 heteroatoms. The van der Waals surface area contributed by atoms with Crippen LogP contribution in [0.15, 0.2) is 0 Å². The van der Waals surface area contributed by atoms with Gasteiger partial charge in [-0.3, -0.25) is 0 Å². The molecule has 18 heavy (non-hydrogen) atoms. The third-order valence-electron chi connectivity index (χ3n) is 2.63. The Balaban J connectivity index is 2.74. The van der Waals surface area contributed by atoms with E-state index in [9.17, 15) is 23.1 Å². The normalized spacial score (nSPS) is 23.1. The lowest BCUT2D eigenvalue weighted by Crippen LogP contribution is -2.50. The molecule has 1 heterocycles. The second-order valence-electron chi connectivity index (χ2n) is 5.37. The van der Waals surface area contributed by atoms with Crippen LogP contribution in [-0.2, 0) is 4.74 Å². The SMILES string of the molecule is CC(C)(C)OC(=O)N1CCCC1[C@@H](O)C(F)(F)F. The second kappa shape index (κ2) is 4.95. The van der Waals surface area contributed by atoms with Crippen LogP contribution in [0.25, 0.3) is 0 Å². The van der Waals surface area contributed by atoms with Gasteiger partial charge in [0, 0.05) is 6.54 Å². The Morgan fingerprint density at radius 3 is 2.39 bits per heavy atom. The van der Waals surface area contributed by atoms with Crippen LogP contribution in [0.3, 0.4) is 0 Å². The molecule has 0 bridgehead atoms. The summed E-state index contributed by atoms with van der Waals surface area (Å²) in [4.78, 5) is 12.7. The minimum absolute atomic E-state index is 0.125. The maximum Gasteiger partial charge on any atom is 0.416 e. The van der Waals surface area contributed by atoms with Gasteiger partial charge in [-0.2, -0.15) is 13.2 Å². The highest BCUT2D eigenvalue weighted by atomic mass is 19.4. The van der Waals surface area contributed by atoms with E-state index in [0.717, 1.165) is 4.90 Å². The Morgan fingerprint density at radius 2 is 1.94 bits per heavy atom. The molecule has 1 rings (SSSR count). The van der Waals surface area contributed by atoms with E-state index in [-0.39, 0.29) is 13.0 Å². The highest BCUT2D eigenvalue weighted by molar-refractivity contribution is 5.69. The van der Waals surface area contributed by atoms with Crippen LogP contribution < -0.4 is 0 Å². The summed E-state index contributed by atoms with van der Waals surface area (Å²) < 4.78 is 42.4. The topological polar surface area (TPSA) is 49.8 Å². The van der Waals surface area contributed by atoms with Crippen LogP contribution in [0, 0.1) is 0 Å². The maximum atomic E-state index is 12.4. The molecule has 0 aromatic rings. The van der Waals surface area contributed by atoms with E-state index in [1.54, 1.807) is 20.8 Å². The van der Waals surface area contributed by atoms with Gasteiger partial charge in [-0.15, -0.1) is 0 Å². The molecule has 1 amide bonds. The molecule has 0 saturated carbocycles. The number of hydrogen-bond donors (Lipinski definition) is 1. The summed E-state index contributed by atoms with van der Waals surface area (Å²) in [6, 6.07) is -1.25. The van der Waals surface area contributed by atoms with Crippen LogP contribution in [-0.4, -0.2) is 46.6 Å². The molecular formula is C11H18F3NO3. The van der Waals surface area contributed by atoms with E-state index in [1.165, 1.54) is 0 Å². The molecule has 0 radical (unpaired) electrons. The standard InChI is InChI=1S/C11H18F3NO3/c1-10(2,3)18-9(17)15-6-4-5-7(15)8(16)11(12,13)14/h7-8,16H,4-6H2,1-3H3/t7?,8-/m1/s1. The van der Waals surface area contributed by atoms with Crippen molar-refractivity contribution in [1.82, 2.24) is 4.90 Å². The van der Waals surface area contributed by atoms with Gasteiger partial charge in [-0.05, 0) is 33.6 Å². The predicted molar refractivity (Wildman–Crippen MR) is 58.0 cm³/mol. The lowest BCUT2D eigenvalue weighted by atomic mass is 10.1. The van der Waals surface area contributed by atoms with Crippen molar-refractivity contribution in [1.29, 1.82) is 0 Å². The van der Waals surface area contributed by atoms with Crippen LogP contribution >= 0.6 is 0 Å². The van der Waals surface area contributed by atoms with E-state index in [1.807, 2.05) is 0 Å². The quantitative estimate of drug-likeness (QED) is 0.794. The smallest absolute Gasteiger partial charge is 0.416 e. The maximum absolute atomic E-state index is 12.4. The molecule has 106 valence electrons. The number of halogens is 3. The van der Waals surface area contributed by atoms with Crippen LogP contribution in [0.1, 0.15) is 33.6 Å². The summed E-state index contributed by atoms with van der Waals surface area (Å²) >= 11 is 0. The van der Waals surface area contributed by atoms with Crippen molar-refractivity contribution < 1.29 is 27.8 Å². The summed E-state index contributed by atoms with van der Waals surface area (Å²) in [5, 5.41) is 9.23. The van der Waals surface area contributed by atoms with Crippen LogP contribution in [0.2, 0.25) is 0 Å². The molecule has 1 aliphatic rings. The van der Waals surface area contributed by atoms with Gasteiger partial charge in [0.15, 0.2) is 6.10 Å². The number of aliphatic hydroxyl groups is 1. The molecule has 0 aromatic carbocycles. The monoisotopic (exact) mass is 269 g/mol. The van der Waals surface area contributed by atoms with Crippen molar-refractivity contribution in [3.63, 3.8) is 0 Å². The zero-order chi connectivity index (χ0) is 14.1. The number of rotatable bonds is 1. The second-order valence-corrected chi connectivity index (χ2v) is 5.37. The number of ether oxygens (including phenoxy) is 1. The van der Waals surface area contributed by atoms with Crippen molar-refractivity contribution in [2.45, 2.75) is 57.5 Å². The van der Waals surface area contributed by atoms with Crippen molar-refractivity contribution in [2.75, 3.05) is 6.54 Å². The number of nitrogens with zero attached hydrogens (tertiary/aromatic N) is 1. The largest absolute Gasteiger partial charge is 0.444 e. The first kappa shape index (κ1) is 15.1. The van der Waals surface area contributed by atoms with Crippen molar-refractivity contribution >= 4 is 6.09 Å². The van der Waals surface area contributed by atoms with Gasteiger partial charge in [0.2, 0.25) is 0 Å². The number of carbonyl (C=O) groups excluding carboxylic acids is 1. The third-order valence-corrected chi connectivity index (χ3v) is 2.63. The number of alkyl halides is 3. The summed E-state index contributed by atoms with van der Waals surface area (Å²) in [7, 11) is 0. The molecule has 1 unspecified atom stereocenters. The van der Waals surface area contributed by atoms with E-state index >= 15 is 0 Å². The van der Waals surface area contributed by atoms with Gasteiger partial charge < -0.3 is 14.7 Å². The van der Waals surface area contributed by atoms with Gasteiger partial charge in [-0.1, -0.05) is 0 Å². The lowest BCUT2D eigenvalue weighted by Gasteiger charge is -2.31. The Hall–Kier alpha value is -0.980.